The molecule has 0 amide bonds. The van der Waals surface area contributed by atoms with Crippen LogP contribution in [-0.4, -0.2) is 12.1 Å². The van der Waals surface area contributed by atoms with Gasteiger partial charge in [0.25, 0.3) is 0 Å². The molecule has 0 saturated carbocycles. The van der Waals surface area contributed by atoms with Gasteiger partial charge < -0.3 is 10.5 Å². The van der Waals surface area contributed by atoms with E-state index in [4.69, 9.17) is 15.5 Å². The molecule has 0 saturated heterocycles. The van der Waals surface area contributed by atoms with Crippen LogP contribution in [0.1, 0.15) is 43.1 Å². The number of ether oxygens (including phenoxy) is 1. The van der Waals surface area contributed by atoms with Crippen LogP contribution in [0.5, 0.6) is 5.75 Å². The zero-order valence-corrected chi connectivity index (χ0v) is 15.2. The summed E-state index contributed by atoms with van der Waals surface area (Å²) in [6.07, 6.45) is 0.750. The summed E-state index contributed by atoms with van der Waals surface area (Å²) in [5, 5.41) is 3.21. The standard InChI is InChI=1S/C16H21BrN2OS/c1-16(2,3)14-9-21-15(19-14)8-12(18)10-5-6-13(20-4)11(17)7-10/h5-7,9,12H,8,18H2,1-4H3. The van der Waals surface area contributed by atoms with Gasteiger partial charge in [0.1, 0.15) is 5.75 Å². The molecule has 1 unspecified atom stereocenters. The van der Waals surface area contributed by atoms with Crippen LogP contribution in [0.15, 0.2) is 28.1 Å². The molecule has 0 radical (unpaired) electrons. The fourth-order valence-corrected chi connectivity index (χ4v) is 3.61. The Bertz CT molecular complexity index is 619. The molecule has 0 aliphatic rings. The first-order valence-corrected chi connectivity index (χ1v) is 8.52. The van der Waals surface area contributed by atoms with Gasteiger partial charge in [-0.25, -0.2) is 4.98 Å². The Morgan fingerprint density at radius 3 is 2.62 bits per heavy atom. The second kappa shape index (κ2) is 6.46. The van der Waals surface area contributed by atoms with Gasteiger partial charge in [0.2, 0.25) is 0 Å². The number of nitrogens with two attached hydrogens (primary N) is 1. The number of nitrogens with zero attached hydrogens (tertiary/aromatic N) is 1. The van der Waals surface area contributed by atoms with Crippen LogP contribution < -0.4 is 10.5 Å². The van der Waals surface area contributed by atoms with E-state index in [1.807, 2.05) is 18.2 Å². The average Bonchev–Trinajstić information content (AvgIpc) is 2.87. The number of hydrogen-bond donors (Lipinski definition) is 1. The van der Waals surface area contributed by atoms with Gasteiger partial charge >= 0.3 is 0 Å². The van der Waals surface area contributed by atoms with Crippen molar-refractivity contribution in [1.82, 2.24) is 4.98 Å². The van der Waals surface area contributed by atoms with Crippen molar-refractivity contribution in [3.05, 3.63) is 44.3 Å². The smallest absolute Gasteiger partial charge is 0.133 e. The van der Waals surface area contributed by atoms with Crippen LogP contribution in [0.3, 0.4) is 0 Å². The normalized spacial score (nSPS) is 13.2. The molecular weight excluding hydrogens is 348 g/mol. The van der Waals surface area contributed by atoms with Crippen LogP contribution in [0, 0.1) is 0 Å². The minimum Gasteiger partial charge on any atom is -0.496 e. The van der Waals surface area contributed by atoms with Crippen molar-refractivity contribution in [2.75, 3.05) is 7.11 Å². The second-order valence-electron chi connectivity index (χ2n) is 6.08. The number of rotatable bonds is 4. The van der Waals surface area contributed by atoms with E-state index in [1.165, 1.54) is 0 Å². The summed E-state index contributed by atoms with van der Waals surface area (Å²) >= 11 is 5.18. The highest BCUT2D eigenvalue weighted by atomic mass is 79.9. The zero-order chi connectivity index (χ0) is 15.6. The van der Waals surface area contributed by atoms with Gasteiger partial charge in [0.05, 0.1) is 22.3 Å². The molecule has 1 heterocycles. The van der Waals surface area contributed by atoms with Gasteiger partial charge in [0.15, 0.2) is 0 Å². The maximum absolute atomic E-state index is 6.31. The fraction of sp³-hybridized carbons (Fsp3) is 0.438. The summed E-state index contributed by atoms with van der Waals surface area (Å²) in [6.45, 7) is 6.52. The van der Waals surface area contributed by atoms with Gasteiger partial charge in [-0.05, 0) is 33.6 Å². The molecule has 2 aromatic rings. The van der Waals surface area contributed by atoms with E-state index in [9.17, 15) is 0 Å². The third kappa shape index (κ3) is 4.05. The SMILES string of the molecule is COc1ccc(C(N)Cc2nc(C(C)(C)C)cs2)cc1Br. The predicted octanol–water partition coefficient (Wildman–Crippen LogP) is 4.45. The molecule has 114 valence electrons. The number of methoxy groups -OCH3 is 1. The van der Waals surface area contributed by atoms with Crippen LogP contribution in [0.2, 0.25) is 0 Å². The Labute approximate surface area is 138 Å². The van der Waals surface area contributed by atoms with Crippen LogP contribution in [0.25, 0.3) is 0 Å². The third-order valence-corrected chi connectivity index (χ3v) is 4.81. The first-order valence-electron chi connectivity index (χ1n) is 6.85. The topological polar surface area (TPSA) is 48.1 Å². The van der Waals surface area contributed by atoms with Crippen molar-refractivity contribution in [1.29, 1.82) is 0 Å². The summed E-state index contributed by atoms with van der Waals surface area (Å²) in [5.74, 6) is 0.815. The van der Waals surface area contributed by atoms with Crippen molar-refractivity contribution in [3.8, 4) is 5.75 Å². The predicted molar refractivity (Wildman–Crippen MR) is 92.1 cm³/mol. The van der Waals surface area contributed by atoms with Crippen LogP contribution in [0.4, 0.5) is 0 Å². The maximum Gasteiger partial charge on any atom is 0.133 e. The van der Waals surface area contributed by atoms with Crippen LogP contribution >= 0.6 is 27.3 Å². The minimum atomic E-state index is -0.0637. The highest BCUT2D eigenvalue weighted by molar-refractivity contribution is 9.10. The summed E-state index contributed by atoms with van der Waals surface area (Å²) in [7, 11) is 1.66. The monoisotopic (exact) mass is 368 g/mol. The molecule has 0 aliphatic carbocycles. The van der Waals surface area contributed by atoms with Gasteiger partial charge in [0, 0.05) is 23.3 Å². The largest absolute Gasteiger partial charge is 0.496 e. The molecule has 5 heteroatoms. The van der Waals surface area contributed by atoms with Crippen molar-refractivity contribution in [3.63, 3.8) is 0 Å². The van der Waals surface area contributed by atoms with E-state index in [0.29, 0.717) is 0 Å². The summed E-state index contributed by atoms with van der Waals surface area (Å²) in [6, 6.07) is 5.89. The van der Waals surface area contributed by atoms with E-state index in [0.717, 1.165) is 32.9 Å². The minimum absolute atomic E-state index is 0.0637. The Morgan fingerprint density at radius 1 is 1.38 bits per heavy atom. The van der Waals surface area contributed by atoms with Crippen LogP contribution in [-0.2, 0) is 11.8 Å². The quantitative estimate of drug-likeness (QED) is 0.866. The maximum atomic E-state index is 6.31. The fourth-order valence-electron chi connectivity index (χ4n) is 1.97. The number of thiazole rings is 1. The van der Waals surface area contributed by atoms with Gasteiger partial charge in [-0.1, -0.05) is 26.8 Å². The first kappa shape index (κ1) is 16.5. The molecule has 21 heavy (non-hydrogen) atoms. The Hall–Kier alpha value is -0.910. The van der Waals surface area contributed by atoms with Crippen molar-refractivity contribution >= 4 is 27.3 Å². The first-order chi connectivity index (χ1) is 9.81. The van der Waals surface area contributed by atoms with E-state index >= 15 is 0 Å². The lowest BCUT2D eigenvalue weighted by Crippen LogP contribution is -2.15. The summed E-state index contributed by atoms with van der Waals surface area (Å²) in [4.78, 5) is 4.71. The van der Waals surface area contributed by atoms with E-state index < -0.39 is 0 Å². The molecule has 1 aromatic heterocycles. The Morgan fingerprint density at radius 2 is 2.10 bits per heavy atom. The van der Waals surface area contributed by atoms with Gasteiger partial charge in [-0.15, -0.1) is 11.3 Å². The van der Waals surface area contributed by atoms with Crippen molar-refractivity contribution in [2.24, 2.45) is 5.73 Å². The number of benzene rings is 1. The number of hydrogen-bond acceptors (Lipinski definition) is 4. The lowest BCUT2D eigenvalue weighted by atomic mass is 9.93. The van der Waals surface area contributed by atoms with E-state index in [-0.39, 0.29) is 11.5 Å². The molecule has 0 fully saturated rings. The molecule has 0 spiro atoms. The Kier molecular flexibility index (Phi) is 5.07. The Balaban J connectivity index is 2.12. The summed E-state index contributed by atoms with van der Waals surface area (Å²) < 4.78 is 6.16. The highest BCUT2D eigenvalue weighted by Gasteiger charge is 2.18. The van der Waals surface area contributed by atoms with Gasteiger partial charge in [-0.2, -0.15) is 0 Å². The molecule has 0 bridgehead atoms. The zero-order valence-electron chi connectivity index (χ0n) is 12.8. The molecule has 2 rings (SSSR count). The van der Waals surface area contributed by atoms with Crippen molar-refractivity contribution in [2.45, 2.75) is 38.6 Å². The molecular formula is C16H21BrN2OS. The molecule has 1 aromatic carbocycles. The molecule has 3 nitrogen and oxygen atoms in total. The molecule has 2 N–H and O–H groups in total. The van der Waals surface area contributed by atoms with E-state index in [2.05, 4.69) is 42.1 Å². The molecule has 1 atom stereocenters. The van der Waals surface area contributed by atoms with E-state index in [1.54, 1.807) is 18.4 Å². The number of halogens is 1. The van der Waals surface area contributed by atoms with Crippen molar-refractivity contribution < 1.29 is 4.74 Å². The lowest BCUT2D eigenvalue weighted by molar-refractivity contribution is 0.412. The number of aromatic nitrogens is 1. The summed E-state index contributed by atoms with van der Waals surface area (Å²) in [5.41, 5.74) is 8.61. The molecule has 0 aliphatic heterocycles. The highest BCUT2D eigenvalue weighted by Crippen LogP contribution is 2.30. The average molecular weight is 369 g/mol. The third-order valence-electron chi connectivity index (χ3n) is 3.32. The second-order valence-corrected chi connectivity index (χ2v) is 7.88. The lowest BCUT2D eigenvalue weighted by Gasteiger charge is -2.15. The van der Waals surface area contributed by atoms with Gasteiger partial charge in [-0.3, -0.25) is 0 Å².